The molecule has 1 heterocycles. The van der Waals surface area contributed by atoms with Gasteiger partial charge >= 0.3 is 6.09 Å². The van der Waals surface area contributed by atoms with Gasteiger partial charge in [0.15, 0.2) is 0 Å². The highest BCUT2D eigenvalue weighted by Crippen LogP contribution is 2.20. The van der Waals surface area contributed by atoms with Crippen LogP contribution >= 0.6 is 0 Å². The standard InChI is InChI=1S/C15H24N4O2/c1-9(16)7-13-18-11-6-5-10(8-12(11)19-13)17-14(20)21-15(2,3)4/h7,10H,5-6,8,16H2,1-4H3,(H,17,20)(H,18,19)/b9-7+/t10-/m0/s1. The number of allylic oxidation sites excluding steroid dienone is 1. The lowest BCUT2D eigenvalue weighted by Gasteiger charge is -2.25. The number of ether oxygens (including phenoxy) is 1. The van der Waals surface area contributed by atoms with Crippen LogP contribution in [0.1, 0.15) is 51.3 Å². The highest BCUT2D eigenvalue weighted by Gasteiger charge is 2.25. The third-order valence-corrected chi connectivity index (χ3v) is 3.15. The van der Waals surface area contributed by atoms with E-state index in [1.54, 1.807) is 0 Å². The number of nitrogens with one attached hydrogen (secondary N) is 2. The van der Waals surface area contributed by atoms with Gasteiger partial charge in [-0.2, -0.15) is 0 Å². The number of rotatable bonds is 2. The van der Waals surface area contributed by atoms with Gasteiger partial charge in [0.2, 0.25) is 0 Å². The van der Waals surface area contributed by atoms with Crippen LogP contribution in [0.25, 0.3) is 6.08 Å². The molecular weight excluding hydrogens is 268 g/mol. The molecule has 6 nitrogen and oxygen atoms in total. The van der Waals surface area contributed by atoms with Crippen molar-refractivity contribution >= 4 is 12.2 Å². The minimum Gasteiger partial charge on any atom is -0.444 e. The van der Waals surface area contributed by atoms with Crippen LogP contribution in [0.15, 0.2) is 5.70 Å². The molecule has 1 aromatic rings. The molecule has 0 aliphatic heterocycles. The number of amides is 1. The number of fused-ring (bicyclic) bond motifs is 1. The van der Waals surface area contributed by atoms with Crippen LogP contribution < -0.4 is 11.1 Å². The zero-order valence-electron chi connectivity index (χ0n) is 13.1. The van der Waals surface area contributed by atoms with E-state index in [0.717, 1.165) is 36.5 Å². The van der Waals surface area contributed by atoms with E-state index in [0.29, 0.717) is 5.70 Å². The quantitative estimate of drug-likeness (QED) is 0.778. The number of aryl methyl sites for hydroxylation is 1. The molecule has 0 spiro atoms. The molecule has 2 rings (SSSR count). The molecule has 21 heavy (non-hydrogen) atoms. The summed E-state index contributed by atoms with van der Waals surface area (Å²) in [4.78, 5) is 19.6. The minimum absolute atomic E-state index is 0.0728. The van der Waals surface area contributed by atoms with Crippen LogP contribution in [-0.2, 0) is 17.6 Å². The second kappa shape index (κ2) is 5.79. The average molecular weight is 292 g/mol. The van der Waals surface area contributed by atoms with Crippen LogP contribution in [0.2, 0.25) is 0 Å². The van der Waals surface area contributed by atoms with E-state index >= 15 is 0 Å². The van der Waals surface area contributed by atoms with Crippen molar-refractivity contribution in [2.75, 3.05) is 0 Å². The van der Waals surface area contributed by atoms with Gasteiger partial charge in [-0.1, -0.05) is 0 Å². The van der Waals surface area contributed by atoms with Gasteiger partial charge in [0, 0.05) is 23.9 Å². The van der Waals surface area contributed by atoms with E-state index in [2.05, 4.69) is 15.3 Å². The predicted molar refractivity (Wildman–Crippen MR) is 81.6 cm³/mol. The number of aromatic amines is 1. The highest BCUT2D eigenvalue weighted by atomic mass is 16.6. The average Bonchev–Trinajstić information content (AvgIpc) is 2.66. The Balaban J connectivity index is 1.98. The van der Waals surface area contributed by atoms with Gasteiger partial charge < -0.3 is 20.8 Å². The molecule has 1 aromatic heterocycles. The Hall–Kier alpha value is -1.98. The van der Waals surface area contributed by atoms with Gasteiger partial charge in [0.25, 0.3) is 0 Å². The first-order chi connectivity index (χ1) is 9.73. The summed E-state index contributed by atoms with van der Waals surface area (Å²) in [5.74, 6) is 0.776. The van der Waals surface area contributed by atoms with Crippen LogP contribution in [0.5, 0.6) is 0 Å². The second-order valence-electron chi connectivity index (χ2n) is 6.52. The van der Waals surface area contributed by atoms with Crippen molar-refractivity contribution in [2.45, 2.75) is 58.6 Å². The van der Waals surface area contributed by atoms with Crippen LogP contribution in [0.4, 0.5) is 4.79 Å². The van der Waals surface area contributed by atoms with Gasteiger partial charge in [0.05, 0.1) is 5.69 Å². The summed E-state index contributed by atoms with van der Waals surface area (Å²) in [6.45, 7) is 7.39. The van der Waals surface area contributed by atoms with Crippen molar-refractivity contribution < 1.29 is 9.53 Å². The predicted octanol–water partition coefficient (Wildman–Crippen LogP) is 2.11. The maximum atomic E-state index is 11.8. The molecule has 0 saturated carbocycles. The molecule has 0 aromatic carbocycles. The zero-order chi connectivity index (χ0) is 15.6. The van der Waals surface area contributed by atoms with Crippen molar-refractivity contribution in [3.63, 3.8) is 0 Å². The van der Waals surface area contributed by atoms with Crippen molar-refractivity contribution in [1.29, 1.82) is 0 Å². The maximum absolute atomic E-state index is 11.8. The minimum atomic E-state index is -0.478. The Bertz CT molecular complexity index is 551. The summed E-state index contributed by atoms with van der Waals surface area (Å²) in [7, 11) is 0. The van der Waals surface area contributed by atoms with E-state index in [9.17, 15) is 4.79 Å². The third-order valence-electron chi connectivity index (χ3n) is 3.15. The molecular formula is C15H24N4O2. The fourth-order valence-corrected chi connectivity index (χ4v) is 2.38. The Labute approximate surface area is 125 Å². The van der Waals surface area contributed by atoms with E-state index < -0.39 is 5.60 Å². The molecule has 0 fully saturated rings. The molecule has 4 N–H and O–H groups in total. The summed E-state index contributed by atoms with van der Waals surface area (Å²) in [5.41, 5.74) is 8.02. The molecule has 0 saturated heterocycles. The van der Waals surface area contributed by atoms with Gasteiger partial charge in [-0.05, 0) is 46.6 Å². The van der Waals surface area contributed by atoms with E-state index in [1.165, 1.54) is 0 Å². The first-order valence-electron chi connectivity index (χ1n) is 7.24. The first kappa shape index (κ1) is 15.4. The van der Waals surface area contributed by atoms with E-state index in [-0.39, 0.29) is 12.1 Å². The van der Waals surface area contributed by atoms with Gasteiger partial charge in [-0.25, -0.2) is 9.78 Å². The van der Waals surface area contributed by atoms with Crippen LogP contribution in [-0.4, -0.2) is 27.7 Å². The van der Waals surface area contributed by atoms with Crippen molar-refractivity contribution in [1.82, 2.24) is 15.3 Å². The fraction of sp³-hybridized carbons (Fsp3) is 0.600. The number of carbonyl (C=O) groups is 1. The number of imidazole rings is 1. The van der Waals surface area contributed by atoms with Crippen LogP contribution in [0.3, 0.4) is 0 Å². The maximum Gasteiger partial charge on any atom is 0.407 e. The summed E-state index contributed by atoms with van der Waals surface area (Å²) in [6, 6.07) is 0.0728. The lowest BCUT2D eigenvalue weighted by molar-refractivity contribution is 0.0500. The van der Waals surface area contributed by atoms with Gasteiger partial charge in [0.1, 0.15) is 11.4 Å². The molecule has 1 atom stereocenters. The zero-order valence-corrected chi connectivity index (χ0v) is 13.1. The number of carbonyl (C=O) groups excluding carboxylic acids is 1. The molecule has 0 unspecified atom stereocenters. The third kappa shape index (κ3) is 4.51. The van der Waals surface area contributed by atoms with E-state index in [1.807, 2.05) is 33.8 Å². The molecule has 0 bridgehead atoms. The summed E-state index contributed by atoms with van der Waals surface area (Å²) < 4.78 is 5.28. The van der Waals surface area contributed by atoms with Crippen LogP contribution in [0, 0.1) is 0 Å². The lowest BCUT2D eigenvalue weighted by Crippen LogP contribution is -2.41. The smallest absolute Gasteiger partial charge is 0.407 e. The number of H-pyrrole nitrogens is 1. The lowest BCUT2D eigenvalue weighted by atomic mass is 9.96. The molecule has 1 aliphatic rings. The SMILES string of the molecule is C/C(N)=C\c1nc2c([nH]1)C[C@@H](NC(=O)OC(C)(C)C)CC2. The van der Waals surface area contributed by atoms with Crippen molar-refractivity contribution in [3.8, 4) is 0 Å². The highest BCUT2D eigenvalue weighted by molar-refractivity contribution is 5.68. The molecule has 116 valence electrons. The largest absolute Gasteiger partial charge is 0.444 e. The topological polar surface area (TPSA) is 93.0 Å². The Kier molecular flexibility index (Phi) is 4.25. The summed E-state index contributed by atoms with van der Waals surface area (Å²) in [6.07, 6.45) is 3.88. The molecule has 1 aliphatic carbocycles. The van der Waals surface area contributed by atoms with Crippen molar-refractivity contribution in [3.05, 3.63) is 22.9 Å². The monoisotopic (exact) mass is 292 g/mol. The molecule has 0 radical (unpaired) electrons. The summed E-state index contributed by atoms with van der Waals surface area (Å²) in [5, 5.41) is 2.92. The fourth-order valence-electron chi connectivity index (χ4n) is 2.38. The first-order valence-corrected chi connectivity index (χ1v) is 7.24. The number of hydrogen-bond acceptors (Lipinski definition) is 4. The van der Waals surface area contributed by atoms with Crippen molar-refractivity contribution in [2.24, 2.45) is 5.73 Å². The normalized spacial score (nSPS) is 19.0. The van der Waals surface area contributed by atoms with Gasteiger partial charge in [-0.3, -0.25) is 0 Å². The molecule has 6 heteroatoms. The molecule has 1 amide bonds. The Morgan fingerprint density at radius 1 is 1.52 bits per heavy atom. The number of aromatic nitrogens is 2. The number of nitrogens with zero attached hydrogens (tertiary/aromatic N) is 1. The summed E-state index contributed by atoms with van der Waals surface area (Å²) >= 11 is 0. The number of hydrogen-bond donors (Lipinski definition) is 3. The van der Waals surface area contributed by atoms with Gasteiger partial charge in [-0.15, -0.1) is 0 Å². The Morgan fingerprint density at radius 3 is 2.86 bits per heavy atom. The Morgan fingerprint density at radius 2 is 2.24 bits per heavy atom. The van der Waals surface area contributed by atoms with E-state index in [4.69, 9.17) is 10.5 Å². The number of alkyl carbamates (subject to hydrolysis) is 1. The number of nitrogens with two attached hydrogens (primary N) is 1. The second-order valence-corrected chi connectivity index (χ2v) is 6.52.